The van der Waals surface area contributed by atoms with Gasteiger partial charge in [0.15, 0.2) is 0 Å². The molecule has 2 heterocycles. The summed E-state index contributed by atoms with van der Waals surface area (Å²) in [6.45, 7) is 4.43. The fourth-order valence-corrected chi connectivity index (χ4v) is 3.65. The van der Waals surface area contributed by atoms with Gasteiger partial charge in [-0.1, -0.05) is 0 Å². The van der Waals surface area contributed by atoms with E-state index in [2.05, 4.69) is 15.2 Å². The highest BCUT2D eigenvalue weighted by atomic mass is 16.5. The molecule has 3 atom stereocenters. The van der Waals surface area contributed by atoms with Crippen LogP contribution < -0.4 is 10.1 Å². The van der Waals surface area contributed by atoms with Gasteiger partial charge in [-0.15, -0.1) is 0 Å². The number of nitrogens with zero attached hydrogens (tertiary/aromatic N) is 2. The molecular weight excluding hydrogens is 294 g/mol. The molecule has 6 heteroatoms. The van der Waals surface area contributed by atoms with Crippen molar-refractivity contribution in [2.24, 2.45) is 0 Å². The standard InChI is InChI=1S/C17H25N3O3/c1-2-23-17-12(6-5-9-18-17)16(22)19-13-7-8-14(15(13)21)20-10-3-4-11-20/h5-6,9,13-15,21H,2-4,7-8,10-11H2,1H3,(H,19,22)/t13-,14-,15-/m1/s1. The molecule has 1 aliphatic heterocycles. The van der Waals surface area contributed by atoms with E-state index < -0.39 is 6.10 Å². The highest BCUT2D eigenvalue weighted by Crippen LogP contribution is 2.28. The van der Waals surface area contributed by atoms with Crippen LogP contribution in [-0.4, -0.2) is 58.8 Å². The first-order valence-corrected chi connectivity index (χ1v) is 8.51. The molecule has 1 saturated carbocycles. The minimum Gasteiger partial charge on any atom is -0.477 e. The van der Waals surface area contributed by atoms with Gasteiger partial charge in [-0.25, -0.2) is 4.98 Å². The van der Waals surface area contributed by atoms with E-state index in [1.165, 1.54) is 12.8 Å². The van der Waals surface area contributed by atoms with Gasteiger partial charge in [0.05, 0.1) is 18.8 Å². The molecule has 1 aromatic heterocycles. The van der Waals surface area contributed by atoms with E-state index >= 15 is 0 Å². The first-order chi connectivity index (χ1) is 11.2. The van der Waals surface area contributed by atoms with E-state index in [4.69, 9.17) is 4.74 Å². The van der Waals surface area contributed by atoms with Gasteiger partial charge < -0.3 is 15.2 Å². The minimum absolute atomic E-state index is 0.170. The van der Waals surface area contributed by atoms with Crippen molar-refractivity contribution in [3.63, 3.8) is 0 Å². The Morgan fingerprint density at radius 1 is 1.43 bits per heavy atom. The van der Waals surface area contributed by atoms with Crippen molar-refractivity contribution < 1.29 is 14.6 Å². The zero-order valence-corrected chi connectivity index (χ0v) is 13.6. The number of aromatic nitrogens is 1. The average molecular weight is 319 g/mol. The van der Waals surface area contributed by atoms with E-state index in [0.717, 1.165) is 25.9 Å². The summed E-state index contributed by atoms with van der Waals surface area (Å²) < 4.78 is 5.41. The van der Waals surface area contributed by atoms with Crippen molar-refractivity contribution in [1.82, 2.24) is 15.2 Å². The Hall–Kier alpha value is -1.66. The SMILES string of the molecule is CCOc1ncccc1C(=O)N[C@@H]1CC[C@@H](N2CCCC2)[C@@H]1O. The van der Waals surface area contributed by atoms with Crippen molar-refractivity contribution >= 4 is 5.91 Å². The van der Waals surface area contributed by atoms with Crippen LogP contribution in [0.4, 0.5) is 0 Å². The van der Waals surface area contributed by atoms with Crippen LogP contribution in [-0.2, 0) is 0 Å². The number of aliphatic hydroxyl groups is 1. The first-order valence-electron chi connectivity index (χ1n) is 8.51. The van der Waals surface area contributed by atoms with Gasteiger partial charge in [0.1, 0.15) is 5.56 Å². The lowest BCUT2D eigenvalue weighted by atomic mass is 10.1. The molecule has 2 N–H and O–H groups in total. The summed E-state index contributed by atoms with van der Waals surface area (Å²) in [5.41, 5.74) is 0.422. The lowest BCUT2D eigenvalue weighted by molar-refractivity contribution is 0.0618. The Labute approximate surface area is 136 Å². The smallest absolute Gasteiger partial charge is 0.257 e. The molecule has 1 amide bonds. The number of pyridine rings is 1. The molecule has 2 aliphatic rings. The maximum Gasteiger partial charge on any atom is 0.257 e. The van der Waals surface area contributed by atoms with E-state index in [9.17, 15) is 9.90 Å². The van der Waals surface area contributed by atoms with Gasteiger partial charge in [-0.3, -0.25) is 9.69 Å². The topological polar surface area (TPSA) is 74.7 Å². The second-order valence-electron chi connectivity index (χ2n) is 6.25. The third-order valence-electron chi connectivity index (χ3n) is 4.80. The largest absolute Gasteiger partial charge is 0.477 e. The molecule has 3 rings (SSSR count). The molecule has 0 spiro atoms. The van der Waals surface area contributed by atoms with Crippen molar-refractivity contribution in [2.45, 2.75) is 50.8 Å². The summed E-state index contributed by atoms with van der Waals surface area (Å²) in [4.78, 5) is 19.0. The second-order valence-corrected chi connectivity index (χ2v) is 6.25. The number of ether oxygens (including phenoxy) is 1. The van der Waals surface area contributed by atoms with E-state index in [1.807, 2.05) is 6.92 Å². The highest BCUT2D eigenvalue weighted by molar-refractivity contribution is 5.96. The predicted octanol–water partition coefficient (Wildman–Crippen LogP) is 1.20. The number of nitrogens with one attached hydrogen (secondary N) is 1. The van der Waals surface area contributed by atoms with Crippen LogP contribution in [0.2, 0.25) is 0 Å². The summed E-state index contributed by atoms with van der Waals surface area (Å²) in [5, 5.41) is 13.5. The zero-order valence-electron chi connectivity index (χ0n) is 13.6. The van der Waals surface area contributed by atoms with Crippen molar-refractivity contribution in [3.8, 4) is 5.88 Å². The van der Waals surface area contributed by atoms with Gasteiger partial charge >= 0.3 is 0 Å². The van der Waals surface area contributed by atoms with Crippen molar-refractivity contribution in [2.75, 3.05) is 19.7 Å². The molecule has 0 aromatic carbocycles. The predicted molar refractivity (Wildman–Crippen MR) is 86.5 cm³/mol. The second kappa shape index (κ2) is 7.27. The fourth-order valence-electron chi connectivity index (χ4n) is 3.65. The van der Waals surface area contributed by atoms with E-state index in [0.29, 0.717) is 18.1 Å². The van der Waals surface area contributed by atoms with Crippen LogP contribution in [0.15, 0.2) is 18.3 Å². The van der Waals surface area contributed by atoms with Gasteiger partial charge in [-0.2, -0.15) is 0 Å². The number of rotatable bonds is 5. The van der Waals surface area contributed by atoms with E-state index in [-0.39, 0.29) is 18.0 Å². The van der Waals surface area contributed by atoms with Gasteiger partial charge in [-0.05, 0) is 57.8 Å². The normalized spacial score (nSPS) is 28.0. The maximum atomic E-state index is 12.5. The summed E-state index contributed by atoms with van der Waals surface area (Å²) >= 11 is 0. The summed E-state index contributed by atoms with van der Waals surface area (Å²) in [7, 11) is 0. The Morgan fingerprint density at radius 2 is 2.22 bits per heavy atom. The number of carbonyl (C=O) groups is 1. The number of hydrogen-bond acceptors (Lipinski definition) is 5. The number of likely N-dealkylation sites (tertiary alicyclic amines) is 1. The zero-order chi connectivity index (χ0) is 16.2. The Bertz CT molecular complexity index is 546. The Kier molecular flexibility index (Phi) is 5.13. The van der Waals surface area contributed by atoms with Crippen molar-refractivity contribution in [3.05, 3.63) is 23.9 Å². The van der Waals surface area contributed by atoms with Gasteiger partial charge in [0, 0.05) is 12.2 Å². The molecular formula is C17H25N3O3. The highest BCUT2D eigenvalue weighted by Gasteiger charge is 2.39. The summed E-state index contributed by atoms with van der Waals surface area (Å²) in [5.74, 6) is 0.115. The van der Waals surface area contributed by atoms with Crippen LogP contribution in [0.1, 0.15) is 43.0 Å². The van der Waals surface area contributed by atoms with Crippen LogP contribution in [0, 0.1) is 0 Å². The third-order valence-corrected chi connectivity index (χ3v) is 4.80. The maximum absolute atomic E-state index is 12.5. The summed E-state index contributed by atoms with van der Waals surface area (Å²) in [6.07, 6.45) is 5.23. The van der Waals surface area contributed by atoms with Crippen molar-refractivity contribution in [1.29, 1.82) is 0 Å². The summed E-state index contributed by atoms with van der Waals surface area (Å²) in [6, 6.07) is 3.38. The number of amides is 1. The average Bonchev–Trinajstić information content (AvgIpc) is 3.19. The van der Waals surface area contributed by atoms with Crippen LogP contribution >= 0.6 is 0 Å². The van der Waals surface area contributed by atoms with Crippen LogP contribution in [0.5, 0.6) is 5.88 Å². The fraction of sp³-hybridized carbons (Fsp3) is 0.647. The monoisotopic (exact) mass is 319 g/mol. The van der Waals surface area contributed by atoms with E-state index in [1.54, 1.807) is 18.3 Å². The third kappa shape index (κ3) is 3.48. The minimum atomic E-state index is -0.510. The molecule has 23 heavy (non-hydrogen) atoms. The molecule has 2 fully saturated rings. The van der Waals surface area contributed by atoms with Crippen LogP contribution in [0.3, 0.4) is 0 Å². The molecule has 0 radical (unpaired) electrons. The molecule has 1 aromatic rings. The molecule has 0 bridgehead atoms. The van der Waals surface area contributed by atoms with Gasteiger partial charge in [0.25, 0.3) is 5.91 Å². The molecule has 1 aliphatic carbocycles. The molecule has 6 nitrogen and oxygen atoms in total. The van der Waals surface area contributed by atoms with Crippen LogP contribution in [0.25, 0.3) is 0 Å². The molecule has 0 unspecified atom stereocenters. The number of aliphatic hydroxyl groups excluding tert-OH is 1. The van der Waals surface area contributed by atoms with Gasteiger partial charge in [0.2, 0.25) is 5.88 Å². The Balaban J connectivity index is 1.64. The quantitative estimate of drug-likeness (QED) is 0.853. The molecule has 1 saturated heterocycles. The lowest BCUT2D eigenvalue weighted by Gasteiger charge is -2.28. The number of hydrogen-bond donors (Lipinski definition) is 2. The first kappa shape index (κ1) is 16.2. The Morgan fingerprint density at radius 3 is 2.96 bits per heavy atom. The lowest BCUT2D eigenvalue weighted by Crippen LogP contribution is -2.47. The number of carbonyl (C=O) groups excluding carboxylic acids is 1. The molecule has 126 valence electrons.